The molecule has 19 heavy (non-hydrogen) atoms. The van der Waals surface area contributed by atoms with Crippen LogP contribution < -0.4 is 4.74 Å². The predicted octanol–water partition coefficient (Wildman–Crippen LogP) is 4.67. The van der Waals surface area contributed by atoms with Gasteiger partial charge in [-0.2, -0.15) is 0 Å². The zero-order chi connectivity index (χ0) is 13.8. The maximum atomic E-state index is 13.3. The fourth-order valence-corrected chi connectivity index (χ4v) is 2.44. The minimum absolute atomic E-state index is 0.232. The van der Waals surface area contributed by atoms with Crippen LogP contribution in [0.15, 0.2) is 42.5 Å². The van der Waals surface area contributed by atoms with Gasteiger partial charge in [0.1, 0.15) is 11.6 Å². The highest BCUT2D eigenvalue weighted by Gasteiger charge is 2.12. The molecule has 0 amide bonds. The smallest absolute Gasteiger partial charge is 0.123 e. The first-order chi connectivity index (χ1) is 9.10. The van der Waals surface area contributed by atoms with E-state index in [4.69, 9.17) is 16.3 Å². The van der Waals surface area contributed by atoms with Crippen LogP contribution in [0.1, 0.15) is 22.1 Å². The second kappa shape index (κ2) is 6.07. The number of aryl methyl sites for hydroxylation is 1. The summed E-state index contributed by atoms with van der Waals surface area (Å²) >= 11 is 6.39. The van der Waals surface area contributed by atoms with Gasteiger partial charge in [0, 0.05) is 0 Å². The van der Waals surface area contributed by atoms with Gasteiger partial charge in [-0.15, -0.1) is 11.6 Å². The average Bonchev–Trinajstić information content (AvgIpc) is 2.42. The van der Waals surface area contributed by atoms with Crippen molar-refractivity contribution >= 4 is 11.6 Å². The molecule has 0 aliphatic carbocycles. The molecule has 0 bridgehead atoms. The van der Waals surface area contributed by atoms with Crippen molar-refractivity contribution in [2.75, 3.05) is 7.11 Å². The molecule has 2 rings (SSSR count). The van der Waals surface area contributed by atoms with Crippen LogP contribution in [0.3, 0.4) is 0 Å². The van der Waals surface area contributed by atoms with Crippen LogP contribution in [0.2, 0.25) is 0 Å². The number of methoxy groups -OCH3 is 1. The second-order valence-corrected chi connectivity index (χ2v) is 5.05. The molecule has 1 unspecified atom stereocenters. The Balaban J connectivity index is 2.15. The minimum Gasteiger partial charge on any atom is -0.497 e. The lowest BCUT2D eigenvalue weighted by Gasteiger charge is -2.13. The number of hydrogen-bond acceptors (Lipinski definition) is 1. The molecular formula is C16H16ClFO. The Morgan fingerprint density at radius 3 is 2.47 bits per heavy atom. The van der Waals surface area contributed by atoms with Gasteiger partial charge in [-0.1, -0.05) is 18.2 Å². The van der Waals surface area contributed by atoms with E-state index in [0.717, 1.165) is 22.4 Å². The van der Waals surface area contributed by atoms with Gasteiger partial charge in [0.15, 0.2) is 0 Å². The molecule has 3 heteroatoms. The molecule has 0 saturated carbocycles. The third-order valence-electron chi connectivity index (χ3n) is 3.15. The molecule has 1 atom stereocenters. The van der Waals surface area contributed by atoms with Crippen LogP contribution in [-0.4, -0.2) is 7.11 Å². The van der Waals surface area contributed by atoms with Gasteiger partial charge in [0.2, 0.25) is 0 Å². The van der Waals surface area contributed by atoms with E-state index in [1.54, 1.807) is 13.2 Å². The first-order valence-electron chi connectivity index (χ1n) is 6.13. The first-order valence-corrected chi connectivity index (χ1v) is 6.57. The Bertz CT molecular complexity index is 551. The third-order valence-corrected chi connectivity index (χ3v) is 3.54. The molecule has 0 spiro atoms. The number of halogens is 2. The zero-order valence-electron chi connectivity index (χ0n) is 11.0. The van der Waals surface area contributed by atoms with Crippen LogP contribution in [0.5, 0.6) is 5.75 Å². The summed E-state index contributed by atoms with van der Waals surface area (Å²) in [6, 6.07) is 12.5. The fraction of sp³-hybridized carbons (Fsp3) is 0.250. The van der Waals surface area contributed by atoms with Gasteiger partial charge in [0.25, 0.3) is 0 Å². The Morgan fingerprint density at radius 2 is 1.84 bits per heavy atom. The lowest BCUT2D eigenvalue weighted by Crippen LogP contribution is -1.99. The molecule has 0 heterocycles. The number of ether oxygens (including phenoxy) is 1. The molecule has 2 aromatic carbocycles. The molecule has 0 aliphatic heterocycles. The Labute approximate surface area is 118 Å². The highest BCUT2D eigenvalue weighted by molar-refractivity contribution is 6.21. The molecule has 0 fully saturated rings. The van der Waals surface area contributed by atoms with E-state index in [-0.39, 0.29) is 11.2 Å². The van der Waals surface area contributed by atoms with Gasteiger partial charge in [0.05, 0.1) is 12.5 Å². The summed E-state index contributed by atoms with van der Waals surface area (Å²) in [5, 5.41) is -0.232. The summed E-state index contributed by atoms with van der Waals surface area (Å²) in [5.41, 5.74) is 2.96. The lowest BCUT2D eigenvalue weighted by molar-refractivity contribution is 0.414. The summed E-state index contributed by atoms with van der Waals surface area (Å²) in [7, 11) is 1.63. The Hall–Kier alpha value is -1.54. The van der Waals surface area contributed by atoms with Crippen molar-refractivity contribution in [2.45, 2.75) is 18.7 Å². The quantitative estimate of drug-likeness (QED) is 0.739. The predicted molar refractivity (Wildman–Crippen MR) is 76.4 cm³/mol. The Morgan fingerprint density at radius 1 is 1.16 bits per heavy atom. The van der Waals surface area contributed by atoms with E-state index >= 15 is 0 Å². The van der Waals surface area contributed by atoms with E-state index < -0.39 is 0 Å². The summed E-state index contributed by atoms with van der Waals surface area (Å²) in [6.07, 6.45) is 0.663. The van der Waals surface area contributed by atoms with Crippen molar-refractivity contribution < 1.29 is 9.13 Å². The van der Waals surface area contributed by atoms with E-state index in [0.29, 0.717) is 6.42 Å². The summed E-state index contributed by atoms with van der Waals surface area (Å²) < 4.78 is 18.4. The Kier molecular flexibility index (Phi) is 4.43. The number of alkyl halides is 1. The molecule has 0 saturated heterocycles. The highest BCUT2D eigenvalue weighted by Crippen LogP contribution is 2.28. The fourth-order valence-electron chi connectivity index (χ4n) is 2.03. The highest BCUT2D eigenvalue weighted by atomic mass is 35.5. The maximum Gasteiger partial charge on any atom is 0.123 e. The largest absolute Gasteiger partial charge is 0.497 e. The van der Waals surface area contributed by atoms with Crippen molar-refractivity contribution in [3.8, 4) is 5.75 Å². The molecule has 0 aromatic heterocycles. The first kappa shape index (κ1) is 13.9. The molecular weight excluding hydrogens is 263 g/mol. The molecule has 100 valence electrons. The number of benzene rings is 2. The SMILES string of the molecule is COc1ccc(CC(Cl)c2cc(F)ccc2C)cc1. The lowest BCUT2D eigenvalue weighted by atomic mass is 10.00. The van der Waals surface area contributed by atoms with E-state index in [9.17, 15) is 4.39 Å². The van der Waals surface area contributed by atoms with E-state index in [1.165, 1.54) is 12.1 Å². The van der Waals surface area contributed by atoms with E-state index in [2.05, 4.69) is 0 Å². The number of rotatable bonds is 4. The van der Waals surface area contributed by atoms with E-state index in [1.807, 2.05) is 31.2 Å². The minimum atomic E-state index is -0.249. The molecule has 1 nitrogen and oxygen atoms in total. The molecule has 0 radical (unpaired) electrons. The molecule has 2 aromatic rings. The van der Waals surface area contributed by atoms with Gasteiger partial charge in [-0.3, -0.25) is 0 Å². The second-order valence-electron chi connectivity index (χ2n) is 4.52. The summed E-state index contributed by atoms with van der Waals surface area (Å²) in [4.78, 5) is 0. The molecule has 0 aliphatic rings. The van der Waals surface area contributed by atoms with Gasteiger partial charge in [-0.05, 0) is 54.3 Å². The standard InChI is InChI=1S/C16H16ClFO/c1-11-3-6-13(18)10-15(11)16(17)9-12-4-7-14(19-2)8-5-12/h3-8,10,16H,9H2,1-2H3. The molecule has 0 N–H and O–H groups in total. The van der Waals surface area contributed by atoms with Crippen molar-refractivity contribution in [1.29, 1.82) is 0 Å². The van der Waals surface area contributed by atoms with Crippen LogP contribution in [0, 0.1) is 12.7 Å². The maximum absolute atomic E-state index is 13.3. The van der Waals surface area contributed by atoms with Gasteiger partial charge < -0.3 is 4.74 Å². The summed E-state index contributed by atoms with van der Waals surface area (Å²) in [6.45, 7) is 1.94. The van der Waals surface area contributed by atoms with Crippen LogP contribution in [-0.2, 0) is 6.42 Å². The third kappa shape index (κ3) is 3.48. The normalized spacial score (nSPS) is 12.2. The van der Waals surface area contributed by atoms with Crippen molar-refractivity contribution in [1.82, 2.24) is 0 Å². The van der Waals surface area contributed by atoms with Crippen LogP contribution >= 0.6 is 11.6 Å². The average molecular weight is 279 g/mol. The monoisotopic (exact) mass is 278 g/mol. The van der Waals surface area contributed by atoms with Crippen molar-refractivity contribution in [2.24, 2.45) is 0 Å². The van der Waals surface area contributed by atoms with Crippen molar-refractivity contribution in [3.05, 3.63) is 65.0 Å². The van der Waals surface area contributed by atoms with Crippen LogP contribution in [0.4, 0.5) is 4.39 Å². The zero-order valence-corrected chi connectivity index (χ0v) is 11.7. The topological polar surface area (TPSA) is 9.23 Å². The van der Waals surface area contributed by atoms with Gasteiger partial charge >= 0.3 is 0 Å². The summed E-state index contributed by atoms with van der Waals surface area (Å²) in [5.74, 6) is 0.567. The van der Waals surface area contributed by atoms with Gasteiger partial charge in [-0.25, -0.2) is 4.39 Å². The number of hydrogen-bond donors (Lipinski definition) is 0. The van der Waals surface area contributed by atoms with Crippen LogP contribution in [0.25, 0.3) is 0 Å². The van der Waals surface area contributed by atoms with Crippen molar-refractivity contribution in [3.63, 3.8) is 0 Å².